The molecule has 0 bridgehead atoms. The van der Waals surface area contributed by atoms with E-state index in [9.17, 15) is 14.4 Å². The van der Waals surface area contributed by atoms with Gasteiger partial charge in [-0.15, -0.1) is 0 Å². The lowest BCUT2D eigenvalue weighted by molar-refractivity contribution is -0.140. The number of carbonyl (C=O) groups excluding carboxylic acids is 3. The van der Waals surface area contributed by atoms with Crippen molar-refractivity contribution in [1.29, 1.82) is 0 Å². The van der Waals surface area contributed by atoms with Gasteiger partial charge in [-0.05, 0) is 32.0 Å². The van der Waals surface area contributed by atoms with E-state index in [1.54, 1.807) is 32.0 Å². The molecule has 0 spiro atoms. The lowest BCUT2D eigenvalue weighted by Gasteiger charge is -2.22. The highest BCUT2D eigenvalue weighted by atomic mass is 35.5. The van der Waals surface area contributed by atoms with E-state index in [0.717, 1.165) is 4.90 Å². The molecule has 0 aliphatic carbocycles. The molecular formula is C16H16ClNO5. The van der Waals surface area contributed by atoms with Gasteiger partial charge < -0.3 is 9.47 Å². The summed E-state index contributed by atoms with van der Waals surface area (Å²) in [6, 6.07) is 6.42. The van der Waals surface area contributed by atoms with Gasteiger partial charge in [-0.1, -0.05) is 17.7 Å². The molecule has 0 saturated heterocycles. The first-order chi connectivity index (χ1) is 10.8. The third kappa shape index (κ3) is 2.70. The van der Waals surface area contributed by atoms with Crippen LogP contribution in [0.1, 0.15) is 13.8 Å². The Balaban J connectivity index is 2.74. The molecule has 0 radical (unpaired) electrons. The zero-order valence-electron chi connectivity index (χ0n) is 13.2. The predicted octanol–water partition coefficient (Wildman–Crippen LogP) is 2.31. The first kappa shape index (κ1) is 17.0. The number of nitrogens with zero attached hydrogens (tertiary/aromatic N) is 1. The van der Waals surface area contributed by atoms with Crippen molar-refractivity contribution < 1.29 is 23.9 Å². The maximum absolute atomic E-state index is 12.8. The smallest absolute Gasteiger partial charge is 0.355 e. The molecule has 1 aliphatic rings. The summed E-state index contributed by atoms with van der Waals surface area (Å²) >= 11 is 5.97. The number of methoxy groups -OCH3 is 2. The van der Waals surface area contributed by atoms with Gasteiger partial charge in [-0.3, -0.25) is 9.69 Å². The van der Waals surface area contributed by atoms with Crippen LogP contribution in [0.5, 0.6) is 0 Å². The van der Waals surface area contributed by atoms with Crippen LogP contribution >= 0.6 is 11.6 Å². The Morgan fingerprint density at radius 3 is 2.26 bits per heavy atom. The summed E-state index contributed by atoms with van der Waals surface area (Å²) in [4.78, 5) is 38.4. The topological polar surface area (TPSA) is 72.9 Å². The van der Waals surface area contributed by atoms with Crippen molar-refractivity contribution in [2.24, 2.45) is 5.41 Å². The number of ether oxygens (including phenoxy) is 2. The molecule has 1 aliphatic heterocycles. The van der Waals surface area contributed by atoms with E-state index in [2.05, 4.69) is 0 Å². The van der Waals surface area contributed by atoms with Crippen molar-refractivity contribution in [3.05, 3.63) is 40.6 Å². The van der Waals surface area contributed by atoms with Crippen molar-refractivity contribution in [3.63, 3.8) is 0 Å². The minimum Gasteiger partial charge on any atom is -0.466 e. The number of hydrogen-bond acceptors (Lipinski definition) is 5. The molecule has 1 aromatic carbocycles. The fraction of sp³-hybridized carbons (Fsp3) is 0.312. The van der Waals surface area contributed by atoms with Crippen molar-refractivity contribution in [1.82, 2.24) is 0 Å². The molecule has 0 aromatic heterocycles. The van der Waals surface area contributed by atoms with Crippen LogP contribution in [-0.4, -0.2) is 32.1 Å². The summed E-state index contributed by atoms with van der Waals surface area (Å²) in [5.74, 6) is -2.00. The standard InChI is InChI=1S/C16H16ClNO5/c1-16(2)11(13(19)22-3)12(14(20)23-4)18(15(16)21)10-7-5-6-9(17)8-10/h5-8H,1-4H3. The third-order valence-corrected chi connectivity index (χ3v) is 3.89. The third-order valence-electron chi connectivity index (χ3n) is 3.66. The Hall–Kier alpha value is -2.34. The molecule has 1 heterocycles. The van der Waals surface area contributed by atoms with E-state index in [4.69, 9.17) is 21.1 Å². The second-order valence-corrected chi connectivity index (χ2v) is 5.89. The van der Waals surface area contributed by atoms with Gasteiger partial charge >= 0.3 is 11.9 Å². The lowest BCUT2D eigenvalue weighted by atomic mass is 9.85. The fourth-order valence-electron chi connectivity index (χ4n) is 2.50. The second kappa shape index (κ2) is 6.04. The number of hydrogen-bond donors (Lipinski definition) is 0. The molecule has 0 fully saturated rings. The Labute approximate surface area is 138 Å². The van der Waals surface area contributed by atoms with E-state index in [-0.39, 0.29) is 11.3 Å². The monoisotopic (exact) mass is 337 g/mol. The van der Waals surface area contributed by atoms with Crippen molar-refractivity contribution >= 4 is 35.1 Å². The Morgan fingerprint density at radius 2 is 1.74 bits per heavy atom. The molecule has 7 heteroatoms. The highest BCUT2D eigenvalue weighted by Crippen LogP contribution is 2.43. The van der Waals surface area contributed by atoms with Gasteiger partial charge in [0, 0.05) is 5.02 Å². The number of benzene rings is 1. The molecule has 0 N–H and O–H groups in total. The van der Waals surface area contributed by atoms with Crippen molar-refractivity contribution in [2.75, 3.05) is 19.1 Å². The van der Waals surface area contributed by atoms with E-state index < -0.39 is 23.3 Å². The quantitative estimate of drug-likeness (QED) is 0.791. The van der Waals surface area contributed by atoms with Crippen LogP contribution in [0.3, 0.4) is 0 Å². The SMILES string of the molecule is COC(=O)C1=C(C(=O)OC)C(C)(C)C(=O)N1c1cccc(Cl)c1. The van der Waals surface area contributed by atoms with Crippen LogP contribution in [0, 0.1) is 5.41 Å². The second-order valence-electron chi connectivity index (χ2n) is 5.45. The van der Waals surface area contributed by atoms with Gasteiger partial charge in [0.05, 0.1) is 30.9 Å². The van der Waals surface area contributed by atoms with Crippen molar-refractivity contribution in [3.8, 4) is 0 Å². The Kier molecular flexibility index (Phi) is 4.47. The summed E-state index contributed by atoms with van der Waals surface area (Å²) in [7, 11) is 2.36. The molecule has 1 amide bonds. The molecule has 0 saturated carbocycles. The molecule has 0 unspecified atom stereocenters. The summed E-state index contributed by atoms with van der Waals surface area (Å²) in [5.41, 5.74) is -1.07. The Bertz CT molecular complexity index is 723. The number of rotatable bonds is 3. The van der Waals surface area contributed by atoms with Crippen LogP contribution in [0.15, 0.2) is 35.5 Å². The highest BCUT2D eigenvalue weighted by molar-refractivity contribution is 6.31. The van der Waals surface area contributed by atoms with Crippen molar-refractivity contribution in [2.45, 2.75) is 13.8 Å². The number of anilines is 1. The van der Waals surface area contributed by atoms with E-state index >= 15 is 0 Å². The maximum Gasteiger partial charge on any atom is 0.355 e. The zero-order chi connectivity index (χ0) is 17.4. The molecule has 0 atom stereocenters. The number of halogens is 1. The predicted molar refractivity (Wildman–Crippen MR) is 83.8 cm³/mol. The fourth-order valence-corrected chi connectivity index (χ4v) is 2.69. The highest BCUT2D eigenvalue weighted by Gasteiger charge is 2.52. The molecule has 2 rings (SSSR count). The zero-order valence-corrected chi connectivity index (χ0v) is 13.9. The summed E-state index contributed by atoms with van der Waals surface area (Å²) < 4.78 is 9.49. The number of carbonyl (C=O) groups is 3. The summed E-state index contributed by atoms with van der Waals surface area (Å²) in [6.45, 7) is 3.10. The molecule has 1 aromatic rings. The average molecular weight is 338 g/mol. The first-order valence-corrected chi connectivity index (χ1v) is 7.15. The van der Waals surface area contributed by atoms with Crippen LogP contribution in [0.4, 0.5) is 5.69 Å². The minimum atomic E-state index is -1.24. The molecule has 6 nitrogen and oxygen atoms in total. The molecule has 23 heavy (non-hydrogen) atoms. The molecular weight excluding hydrogens is 322 g/mol. The lowest BCUT2D eigenvalue weighted by Crippen LogP contribution is -2.35. The summed E-state index contributed by atoms with van der Waals surface area (Å²) in [5, 5.41) is 0.392. The van der Waals surface area contributed by atoms with E-state index in [0.29, 0.717) is 10.7 Å². The van der Waals surface area contributed by atoms with E-state index in [1.165, 1.54) is 20.3 Å². The van der Waals surface area contributed by atoms with Crippen LogP contribution in [0.2, 0.25) is 5.02 Å². The van der Waals surface area contributed by atoms with Crippen LogP contribution in [-0.2, 0) is 23.9 Å². The van der Waals surface area contributed by atoms with Crippen LogP contribution < -0.4 is 4.90 Å². The van der Waals surface area contributed by atoms with Gasteiger partial charge in [-0.2, -0.15) is 0 Å². The number of amides is 1. The van der Waals surface area contributed by atoms with E-state index in [1.807, 2.05) is 0 Å². The maximum atomic E-state index is 12.8. The van der Waals surface area contributed by atoms with Gasteiger partial charge in [0.15, 0.2) is 0 Å². The number of esters is 2. The molecule has 122 valence electrons. The van der Waals surface area contributed by atoms with Gasteiger partial charge in [-0.25, -0.2) is 9.59 Å². The average Bonchev–Trinajstić information content (AvgIpc) is 2.73. The van der Waals surface area contributed by atoms with Gasteiger partial charge in [0.2, 0.25) is 5.91 Å². The summed E-state index contributed by atoms with van der Waals surface area (Å²) in [6.07, 6.45) is 0. The van der Waals surface area contributed by atoms with Crippen LogP contribution in [0.25, 0.3) is 0 Å². The normalized spacial score (nSPS) is 16.6. The Morgan fingerprint density at radius 1 is 1.13 bits per heavy atom. The largest absolute Gasteiger partial charge is 0.466 e. The van der Waals surface area contributed by atoms with Gasteiger partial charge in [0.1, 0.15) is 5.70 Å². The van der Waals surface area contributed by atoms with Gasteiger partial charge in [0.25, 0.3) is 0 Å². The minimum absolute atomic E-state index is 0.0446. The first-order valence-electron chi connectivity index (χ1n) is 6.77.